The molecule has 0 saturated carbocycles. The van der Waals surface area contributed by atoms with E-state index in [2.05, 4.69) is 42.6 Å². The molecule has 5 aromatic rings. The van der Waals surface area contributed by atoms with E-state index in [-0.39, 0.29) is 0 Å². The number of nitrogens with one attached hydrogen (secondary N) is 1. The molecular formula is C21H24N7OS+. The van der Waals surface area contributed by atoms with Crippen LogP contribution in [0.15, 0.2) is 40.2 Å². The zero-order valence-electron chi connectivity index (χ0n) is 17.5. The van der Waals surface area contributed by atoms with E-state index in [0.717, 1.165) is 46.7 Å². The molecule has 8 nitrogen and oxygen atoms in total. The Kier molecular flexibility index (Phi) is 4.71. The molecule has 5 rings (SSSR count). The van der Waals surface area contributed by atoms with Crippen LogP contribution in [0.25, 0.3) is 27.8 Å². The molecule has 0 saturated heterocycles. The largest absolute Gasteiger partial charge is 0.431 e. The fourth-order valence-electron chi connectivity index (χ4n) is 3.68. The third-order valence-electron chi connectivity index (χ3n) is 5.42. The predicted molar refractivity (Wildman–Crippen MR) is 117 cm³/mol. The average molecular weight is 423 g/mol. The maximum absolute atomic E-state index is 5.79. The number of hydrogen-bond acceptors (Lipinski definition) is 6. The Morgan fingerprint density at radius 1 is 1.10 bits per heavy atom. The van der Waals surface area contributed by atoms with Gasteiger partial charge in [-0.25, -0.2) is 19.5 Å². The molecular weight excluding hydrogens is 398 g/mol. The molecule has 9 heteroatoms. The minimum atomic E-state index is 0.582. The van der Waals surface area contributed by atoms with Gasteiger partial charge in [0.1, 0.15) is 17.5 Å². The van der Waals surface area contributed by atoms with Crippen molar-refractivity contribution in [2.24, 2.45) is 0 Å². The maximum Gasteiger partial charge on any atom is 0.257 e. The highest BCUT2D eigenvalue weighted by Crippen LogP contribution is 2.28. The van der Waals surface area contributed by atoms with Crippen LogP contribution in [-0.2, 0) is 12.3 Å². The number of fused-ring (bicyclic) bond motifs is 4. The number of rotatable bonds is 6. The number of quaternary nitrogens is 1. The first-order valence-corrected chi connectivity index (χ1v) is 11.0. The molecule has 4 aromatic heterocycles. The van der Waals surface area contributed by atoms with Crippen LogP contribution in [-0.4, -0.2) is 49.8 Å². The van der Waals surface area contributed by atoms with Gasteiger partial charge in [-0.15, -0.1) is 5.10 Å². The lowest BCUT2D eigenvalue weighted by molar-refractivity contribution is -0.858. The molecule has 30 heavy (non-hydrogen) atoms. The Bertz CT molecular complexity index is 1330. The Labute approximate surface area is 177 Å². The van der Waals surface area contributed by atoms with E-state index < -0.39 is 0 Å². The van der Waals surface area contributed by atoms with E-state index >= 15 is 0 Å². The number of thioether (sulfide) groups is 1. The molecule has 154 valence electrons. The minimum Gasteiger partial charge on any atom is -0.431 e. The normalized spacial score (nSPS) is 12.2. The van der Waals surface area contributed by atoms with Crippen molar-refractivity contribution in [1.82, 2.24) is 29.1 Å². The third-order valence-corrected chi connectivity index (χ3v) is 6.25. The molecule has 0 unspecified atom stereocenters. The van der Waals surface area contributed by atoms with Gasteiger partial charge in [-0.1, -0.05) is 23.9 Å². The van der Waals surface area contributed by atoms with E-state index in [4.69, 9.17) is 14.4 Å². The molecule has 0 amide bonds. The van der Waals surface area contributed by atoms with Crippen molar-refractivity contribution in [3.05, 3.63) is 47.7 Å². The number of oxazole rings is 1. The fourth-order valence-corrected chi connectivity index (χ4v) is 4.37. The highest BCUT2D eigenvalue weighted by molar-refractivity contribution is 7.98. The van der Waals surface area contributed by atoms with E-state index in [0.29, 0.717) is 11.0 Å². The summed E-state index contributed by atoms with van der Waals surface area (Å²) in [6.45, 7) is 6.25. The lowest BCUT2D eigenvalue weighted by Crippen LogP contribution is -3.06. The summed E-state index contributed by atoms with van der Waals surface area (Å²) in [5, 5.41) is 6.33. The molecule has 0 bridgehead atoms. The van der Waals surface area contributed by atoms with Gasteiger partial charge in [0.25, 0.3) is 5.22 Å². The van der Waals surface area contributed by atoms with Crippen LogP contribution >= 0.6 is 11.8 Å². The summed E-state index contributed by atoms with van der Waals surface area (Å²) in [5.74, 6) is 1.32. The van der Waals surface area contributed by atoms with Gasteiger partial charge in [0.15, 0.2) is 17.1 Å². The molecule has 1 aromatic carbocycles. The van der Waals surface area contributed by atoms with Gasteiger partial charge in [0.05, 0.1) is 38.3 Å². The topological polar surface area (TPSA) is 78.5 Å². The molecule has 0 aliphatic heterocycles. The molecule has 0 fully saturated rings. The van der Waals surface area contributed by atoms with Crippen LogP contribution in [0, 0.1) is 13.8 Å². The van der Waals surface area contributed by atoms with Gasteiger partial charge in [0.2, 0.25) is 0 Å². The lowest BCUT2D eigenvalue weighted by Gasteiger charge is -2.10. The lowest BCUT2D eigenvalue weighted by atomic mass is 10.2. The van der Waals surface area contributed by atoms with Crippen molar-refractivity contribution in [3.8, 4) is 0 Å². The molecule has 0 aliphatic rings. The predicted octanol–water partition coefficient (Wildman–Crippen LogP) is 2.27. The van der Waals surface area contributed by atoms with Crippen LogP contribution in [0.1, 0.15) is 17.1 Å². The van der Waals surface area contributed by atoms with Crippen LogP contribution in [0.3, 0.4) is 0 Å². The highest BCUT2D eigenvalue weighted by atomic mass is 32.2. The first-order valence-electron chi connectivity index (χ1n) is 9.98. The van der Waals surface area contributed by atoms with Crippen LogP contribution in [0.4, 0.5) is 0 Å². The van der Waals surface area contributed by atoms with Gasteiger partial charge in [-0.3, -0.25) is 0 Å². The zero-order valence-corrected chi connectivity index (χ0v) is 18.3. The molecule has 1 N–H and O–H groups in total. The quantitative estimate of drug-likeness (QED) is 0.423. The second-order valence-corrected chi connectivity index (χ2v) is 8.72. The summed E-state index contributed by atoms with van der Waals surface area (Å²) < 4.78 is 9.86. The molecule has 0 radical (unpaired) electrons. The first kappa shape index (κ1) is 19.1. The fraction of sp³-hybridized carbons (Fsp3) is 0.333. The summed E-state index contributed by atoms with van der Waals surface area (Å²) in [5.41, 5.74) is 5.93. The molecule has 4 heterocycles. The number of hydrogen-bond donors (Lipinski definition) is 1. The number of likely N-dealkylation sites (N-methyl/N-ethyl adjacent to an activating group) is 1. The average Bonchev–Trinajstić information content (AvgIpc) is 3.39. The maximum atomic E-state index is 5.79. The highest BCUT2D eigenvalue weighted by Gasteiger charge is 2.18. The smallest absolute Gasteiger partial charge is 0.257 e. The van der Waals surface area contributed by atoms with E-state index in [1.54, 1.807) is 10.8 Å². The number of benzene rings is 1. The van der Waals surface area contributed by atoms with E-state index in [1.165, 1.54) is 27.9 Å². The number of para-hydroxylation sites is 2. The van der Waals surface area contributed by atoms with Crippen molar-refractivity contribution in [2.75, 3.05) is 20.6 Å². The van der Waals surface area contributed by atoms with Gasteiger partial charge in [-0.2, -0.15) is 0 Å². The third kappa shape index (κ3) is 3.23. The van der Waals surface area contributed by atoms with Crippen molar-refractivity contribution < 1.29 is 9.32 Å². The van der Waals surface area contributed by atoms with E-state index in [1.807, 2.05) is 24.3 Å². The first-order chi connectivity index (χ1) is 14.5. The van der Waals surface area contributed by atoms with Gasteiger partial charge in [-0.05, 0) is 31.5 Å². The minimum absolute atomic E-state index is 0.582. The summed E-state index contributed by atoms with van der Waals surface area (Å²) >= 11 is 1.50. The number of nitrogens with zero attached hydrogens (tertiary/aromatic N) is 6. The van der Waals surface area contributed by atoms with Crippen molar-refractivity contribution >= 4 is 39.5 Å². The summed E-state index contributed by atoms with van der Waals surface area (Å²) in [6.07, 6.45) is 1.76. The van der Waals surface area contributed by atoms with Gasteiger partial charge >= 0.3 is 0 Å². The Morgan fingerprint density at radius 2 is 1.93 bits per heavy atom. The van der Waals surface area contributed by atoms with Gasteiger partial charge in [0, 0.05) is 5.69 Å². The molecule has 0 spiro atoms. The Hall–Kier alpha value is -2.91. The molecule has 0 aliphatic carbocycles. The SMILES string of the molecule is Cc1c(C)n(CC[NH+](C)C)c2ncn3nc(CSc4nc5ccccc5o4)nc3c12. The van der Waals surface area contributed by atoms with Crippen LogP contribution in [0.5, 0.6) is 0 Å². The summed E-state index contributed by atoms with van der Waals surface area (Å²) in [6, 6.07) is 7.77. The van der Waals surface area contributed by atoms with Crippen molar-refractivity contribution in [1.29, 1.82) is 0 Å². The van der Waals surface area contributed by atoms with Crippen molar-refractivity contribution in [2.45, 2.75) is 31.4 Å². The second kappa shape index (κ2) is 7.41. The Morgan fingerprint density at radius 3 is 2.73 bits per heavy atom. The number of aromatic nitrogens is 6. The molecule has 0 atom stereocenters. The zero-order chi connectivity index (χ0) is 20.8. The van der Waals surface area contributed by atoms with E-state index in [9.17, 15) is 0 Å². The summed E-state index contributed by atoms with van der Waals surface area (Å²) in [4.78, 5) is 15.5. The standard InChI is InChI=1S/C21H23N7OS/c1-13-14(2)27(10-9-26(3)4)19-18(13)20-24-17(25-28(20)12-22-19)11-30-21-23-15-7-5-6-8-16(15)29-21/h5-8,12H,9-11H2,1-4H3/p+1. The number of aryl methyl sites for hydroxylation is 1. The Balaban J connectivity index is 1.47. The van der Waals surface area contributed by atoms with Gasteiger partial charge < -0.3 is 13.9 Å². The van der Waals surface area contributed by atoms with Crippen LogP contribution in [0.2, 0.25) is 0 Å². The second-order valence-electron chi connectivity index (χ2n) is 7.79. The van der Waals surface area contributed by atoms with Crippen molar-refractivity contribution in [3.63, 3.8) is 0 Å². The van der Waals surface area contributed by atoms with Crippen LogP contribution < -0.4 is 4.90 Å². The monoisotopic (exact) mass is 422 g/mol. The summed E-state index contributed by atoms with van der Waals surface area (Å²) in [7, 11) is 4.33.